The summed E-state index contributed by atoms with van der Waals surface area (Å²) >= 11 is 0. The molecule has 0 aliphatic rings. The van der Waals surface area contributed by atoms with Gasteiger partial charge >= 0.3 is 0 Å². The van der Waals surface area contributed by atoms with Crippen LogP contribution in [0.5, 0.6) is 0 Å². The third-order valence-electron chi connectivity index (χ3n) is 1.42. The average molecular weight is 139 g/mol. The van der Waals surface area contributed by atoms with E-state index in [1.165, 1.54) is 5.57 Å². The van der Waals surface area contributed by atoms with Crippen LogP contribution in [-0.4, -0.2) is 12.8 Å². The van der Waals surface area contributed by atoms with Crippen molar-refractivity contribution in [1.82, 2.24) is 0 Å². The highest BCUT2D eigenvalue weighted by atomic mass is 14.7. The van der Waals surface area contributed by atoms with Gasteiger partial charge in [-0.25, -0.2) is 0 Å². The predicted molar refractivity (Wildman–Crippen MR) is 47.6 cm³/mol. The van der Waals surface area contributed by atoms with E-state index in [-0.39, 0.29) is 0 Å². The largest absolute Gasteiger partial charge is 0.293 e. The van der Waals surface area contributed by atoms with Gasteiger partial charge in [0.15, 0.2) is 0 Å². The molecular weight excluding hydrogens is 122 g/mol. The van der Waals surface area contributed by atoms with Crippen LogP contribution in [0.25, 0.3) is 0 Å². The topological polar surface area (TPSA) is 12.4 Å². The van der Waals surface area contributed by atoms with Crippen LogP contribution in [0.3, 0.4) is 0 Å². The maximum absolute atomic E-state index is 4.17. The molecule has 0 aromatic heterocycles. The molecule has 10 heavy (non-hydrogen) atoms. The van der Waals surface area contributed by atoms with Gasteiger partial charge in [-0.2, -0.15) is 0 Å². The molecule has 1 nitrogen and oxygen atoms in total. The van der Waals surface area contributed by atoms with Crippen LogP contribution >= 0.6 is 0 Å². The van der Waals surface area contributed by atoms with Crippen molar-refractivity contribution >= 4 is 6.21 Å². The standard InChI is InChI=1S/C9H17N/c1-5-9(8(3)4)7-10-6-2/h5,7-8H,6H2,1-4H3/b9-5+,10-7?. The minimum Gasteiger partial charge on any atom is -0.293 e. The summed E-state index contributed by atoms with van der Waals surface area (Å²) in [6.45, 7) is 9.33. The van der Waals surface area contributed by atoms with Crippen molar-refractivity contribution in [2.24, 2.45) is 10.9 Å². The Kier molecular flexibility index (Phi) is 4.91. The Morgan fingerprint density at radius 1 is 1.50 bits per heavy atom. The van der Waals surface area contributed by atoms with Crippen molar-refractivity contribution in [2.45, 2.75) is 27.7 Å². The number of hydrogen-bond acceptors (Lipinski definition) is 1. The second kappa shape index (κ2) is 5.21. The van der Waals surface area contributed by atoms with Crippen LogP contribution in [-0.2, 0) is 0 Å². The van der Waals surface area contributed by atoms with Crippen LogP contribution in [0.15, 0.2) is 16.6 Å². The lowest BCUT2D eigenvalue weighted by atomic mass is 10.1. The van der Waals surface area contributed by atoms with Gasteiger partial charge in [-0.05, 0) is 25.3 Å². The number of rotatable bonds is 3. The van der Waals surface area contributed by atoms with Gasteiger partial charge in [0, 0.05) is 12.8 Å². The molecule has 0 fully saturated rings. The molecule has 0 unspecified atom stereocenters. The summed E-state index contributed by atoms with van der Waals surface area (Å²) in [6, 6.07) is 0. The lowest BCUT2D eigenvalue weighted by molar-refractivity contribution is 0.803. The van der Waals surface area contributed by atoms with Crippen molar-refractivity contribution in [1.29, 1.82) is 0 Å². The van der Waals surface area contributed by atoms with Crippen molar-refractivity contribution in [3.8, 4) is 0 Å². The Morgan fingerprint density at radius 3 is 2.40 bits per heavy atom. The van der Waals surface area contributed by atoms with Gasteiger partial charge < -0.3 is 0 Å². The molecular formula is C9H17N. The fourth-order valence-electron chi connectivity index (χ4n) is 0.754. The second-order valence-corrected chi connectivity index (χ2v) is 2.57. The number of nitrogens with zero attached hydrogens (tertiary/aromatic N) is 1. The fourth-order valence-corrected chi connectivity index (χ4v) is 0.754. The summed E-state index contributed by atoms with van der Waals surface area (Å²) < 4.78 is 0. The van der Waals surface area contributed by atoms with Crippen molar-refractivity contribution in [3.63, 3.8) is 0 Å². The van der Waals surface area contributed by atoms with Crippen LogP contribution < -0.4 is 0 Å². The third-order valence-corrected chi connectivity index (χ3v) is 1.42. The molecule has 58 valence electrons. The summed E-state index contributed by atoms with van der Waals surface area (Å²) in [4.78, 5) is 4.17. The molecule has 0 aliphatic heterocycles. The molecule has 0 amide bonds. The van der Waals surface area contributed by atoms with E-state index < -0.39 is 0 Å². The molecule has 0 N–H and O–H groups in total. The molecule has 0 radical (unpaired) electrons. The molecule has 0 spiro atoms. The normalized spacial score (nSPS) is 13.5. The Labute approximate surface area is 63.9 Å². The van der Waals surface area contributed by atoms with Gasteiger partial charge in [-0.1, -0.05) is 19.9 Å². The number of aliphatic imine (C=N–C) groups is 1. The Bertz CT molecular complexity index is 132. The highest BCUT2D eigenvalue weighted by Crippen LogP contribution is 2.05. The van der Waals surface area contributed by atoms with E-state index in [1.54, 1.807) is 0 Å². The van der Waals surface area contributed by atoms with Crippen molar-refractivity contribution < 1.29 is 0 Å². The van der Waals surface area contributed by atoms with Gasteiger partial charge in [-0.3, -0.25) is 4.99 Å². The lowest BCUT2D eigenvalue weighted by Gasteiger charge is -2.02. The van der Waals surface area contributed by atoms with Gasteiger partial charge in [0.25, 0.3) is 0 Å². The maximum atomic E-state index is 4.17. The second-order valence-electron chi connectivity index (χ2n) is 2.57. The number of allylic oxidation sites excluding steroid dienone is 2. The van der Waals surface area contributed by atoms with E-state index in [0.717, 1.165) is 6.54 Å². The minimum absolute atomic E-state index is 0.597. The van der Waals surface area contributed by atoms with Crippen molar-refractivity contribution in [3.05, 3.63) is 11.6 Å². The summed E-state index contributed by atoms with van der Waals surface area (Å²) in [7, 11) is 0. The van der Waals surface area contributed by atoms with Gasteiger partial charge in [0.1, 0.15) is 0 Å². The molecule has 0 aliphatic carbocycles. The molecule has 0 bridgehead atoms. The monoisotopic (exact) mass is 139 g/mol. The minimum atomic E-state index is 0.597. The van der Waals surface area contributed by atoms with Crippen LogP contribution in [0, 0.1) is 5.92 Å². The molecule has 0 rings (SSSR count). The first-order chi connectivity index (χ1) is 4.72. The van der Waals surface area contributed by atoms with E-state index in [0.29, 0.717) is 5.92 Å². The van der Waals surface area contributed by atoms with E-state index in [2.05, 4.69) is 31.8 Å². The zero-order valence-corrected chi connectivity index (χ0v) is 7.39. The van der Waals surface area contributed by atoms with E-state index in [1.807, 2.05) is 13.1 Å². The Hall–Kier alpha value is -0.590. The summed E-state index contributed by atoms with van der Waals surface area (Å²) in [5, 5.41) is 0. The molecule has 0 saturated carbocycles. The Balaban J connectivity index is 3.98. The smallest absolute Gasteiger partial charge is 0.0361 e. The summed E-state index contributed by atoms with van der Waals surface area (Å²) in [6.07, 6.45) is 4.08. The molecule has 0 saturated heterocycles. The molecule has 0 heterocycles. The fraction of sp³-hybridized carbons (Fsp3) is 0.667. The first kappa shape index (κ1) is 9.41. The van der Waals surface area contributed by atoms with Crippen molar-refractivity contribution in [2.75, 3.05) is 6.54 Å². The first-order valence-electron chi connectivity index (χ1n) is 3.88. The third kappa shape index (κ3) is 3.44. The average Bonchev–Trinajstić information content (AvgIpc) is 1.89. The first-order valence-corrected chi connectivity index (χ1v) is 3.88. The highest BCUT2D eigenvalue weighted by Gasteiger charge is 1.95. The van der Waals surface area contributed by atoms with Gasteiger partial charge in [0.2, 0.25) is 0 Å². The zero-order chi connectivity index (χ0) is 7.98. The van der Waals surface area contributed by atoms with Gasteiger partial charge in [0.05, 0.1) is 0 Å². The lowest BCUT2D eigenvalue weighted by Crippen LogP contribution is -1.94. The maximum Gasteiger partial charge on any atom is 0.0361 e. The zero-order valence-electron chi connectivity index (χ0n) is 7.39. The summed E-state index contributed by atoms with van der Waals surface area (Å²) in [5.41, 5.74) is 1.32. The van der Waals surface area contributed by atoms with E-state index in [4.69, 9.17) is 0 Å². The molecule has 0 atom stereocenters. The molecule has 1 heteroatoms. The SMILES string of the molecule is C/C=C(\C=NCC)C(C)C. The van der Waals surface area contributed by atoms with Crippen LogP contribution in [0.1, 0.15) is 27.7 Å². The Morgan fingerprint density at radius 2 is 2.10 bits per heavy atom. The quantitative estimate of drug-likeness (QED) is 0.533. The highest BCUT2D eigenvalue weighted by molar-refractivity contribution is 5.78. The van der Waals surface area contributed by atoms with E-state index in [9.17, 15) is 0 Å². The van der Waals surface area contributed by atoms with Crippen LogP contribution in [0.2, 0.25) is 0 Å². The van der Waals surface area contributed by atoms with E-state index >= 15 is 0 Å². The molecule has 0 aromatic rings. The van der Waals surface area contributed by atoms with Crippen LogP contribution in [0.4, 0.5) is 0 Å². The van der Waals surface area contributed by atoms with Gasteiger partial charge in [-0.15, -0.1) is 0 Å². The summed E-state index contributed by atoms with van der Waals surface area (Å²) in [5.74, 6) is 0.597. The molecule has 0 aromatic carbocycles. The number of hydrogen-bond donors (Lipinski definition) is 0. The predicted octanol–water partition coefficient (Wildman–Crippen LogP) is 2.68.